The van der Waals surface area contributed by atoms with Gasteiger partial charge < -0.3 is 4.74 Å². The van der Waals surface area contributed by atoms with Crippen LogP contribution in [0, 0.1) is 0 Å². The molecule has 90 valence electrons. The summed E-state index contributed by atoms with van der Waals surface area (Å²) in [5, 5.41) is 0. The monoisotopic (exact) mass is 244 g/mol. The molecule has 0 aliphatic heterocycles. The van der Waals surface area contributed by atoms with Crippen LogP contribution in [0.4, 0.5) is 0 Å². The zero-order chi connectivity index (χ0) is 12.3. The second-order valence-corrected chi connectivity index (χ2v) is 5.08. The lowest BCUT2D eigenvalue weighted by atomic mass is 9.99. The van der Waals surface area contributed by atoms with Gasteiger partial charge in [-0.2, -0.15) is 8.42 Å². The summed E-state index contributed by atoms with van der Waals surface area (Å²) in [5.74, 6) is 0.404. The SMILES string of the molecule is CCC(C)c1ccc(OC)c(S(=O)(=O)O)c1. The average molecular weight is 244 g/mol. The van der Waals surface area contributed by atoms with Crippen LogP contribution in [-0.4, -0.2) is 20.1 Å². The van der Waals surface area contributed by atoms with Crippen LogP contribution in [0.3, 0.4) is 0 Å². The lowest BCUT2D eigenvalue weighted by Gasteiger charge is -2.12. The molecule has 0 aliphatic rings. The van der Waals surface area contributed by atoms with Gasteiger partial charge in [-0.1, -0.05) is 19.9 Å². The molecule has 16 heavy (non-hydrogen) atoms. The number of ether oxygens (including phenoxy) is 1. The molecule has 1 unspecified atom stereocenters. The van der Waals surface area contributed by atoms with Crippen molar-refractivity contribution in [3.05, 3.63) is 23.8 Å². The first-order valence-corrected chi connectivity index (χ1v) is 6.49. The van der Waals surface area contributed by atoms with Crippen molar-refractivity contribution in [3.63, 3.8) is 0 Å². The molecule has 5 heteroatoms. The van der Waals surface area contributed by atoms with Gasteiger partial charge in [-0.05, 0) is 30.0 Å². The molecule has 1 N–H and O–H groups in total. The molecule has 1 aromatic carbocycles. The maximum atomic E-state index is 11.2. The van der Waals surface area contributed by atoms with Gasteiger partial charge in [0.15, 0.2) is 0 Å². The predicted molar refractivity (Wildman–Crippen MR) is 61.5 cm³/mol. The maximum Gasteiger partial charge on any atom is 0.298 e. The summed E-state index contributed by atoms with van der Waals surface area (Å²) >= 11 is 0. The van der Waals surface area contributed by atoms with Gasteiger partial charge in [0.05, 0.1) is 7.11 Å². The van der Waals surface area contributed by atoms with Crippen molar-refractivity contribution in [1.82, 2.24) is 0 Å². The largest absolute Gasteiger partial charge is 0.495 e. The van der Waals surface area contributed by atoms with Crippen LogP contribution in [0.1, 0.15) is 31.7 Å². The molecule has 0 radical (unpaired) electrons. The Balaban J connectivity index is 3.33. The van der Waals surface area contributed by atoms with E-state index in [0.717, 1.165) is 12.0 Å². The van der Waals surface area contributed by atoms with Gasteiger partial charge in [-0.25, -0.2) is 0 Å². The van der Waals surface area contributed by atoms with Crippen molar-refractivity contribution in [2.45, 2.75) is 31.1 Å². The standard InChI is InChI=1S/C11H16O4S/c1-4-8(2)9-5-6-10(15-3)11(7-9)16(12,13)14/h5-8H,4H2,1-3H3,(H,12,13,14). The highest BCUT2D eigenvalue weighted by molar-refractivity contribution is 7.86. The van der Waals surface area contributed by atoms with E-state index in [0.29, 0.717) is 0 Å². The summed E-state index contributed by atoms with van der Waals surface area (Å²) in [6.45, 7) is 4.01. The van der Waals surface area contributed by atoms with Crippen molar-refractivity contribution in [1.29, 1.82) is 0 Å². The molecule has 4 nitrogen and oxygen atoms in total. The van der Waals surface area contributed by atoms with Gasteiger partial charge in [-0.15, -0.1) is 0 Å². The fourth-order valence-electron chi connectivity index (χ4n) is 1.44. The molecule has 1 rings (SSSR count). The minimum atomic E-state index is -4.23. The number of benzene rings is 1. The van der Waals surface area contributed by atoms with E-state index in [2.05, 4.69) is 0 Å². The smallest absolute Gasteiger partial charge is 0.298 e. The second-order valence-electron chi connectivity index (χ2n) is 3.69. The zero-order valence-corrected chi connectivity index (χ0v) is 10.4. The van der Waals surface area contributed by atoms with Crippen LogP contribution in [0.15, 0.2) is 23.1 Å². The van der Waals surface area contributed by atoms with Gasteiger partial charge in [0, 0.05) is 0 Å². The lowest BCUT2D eigenvalue weighted by Crippen LogP contribution is -2.03. The Hall–Kier alpha value is -1.07. The fourth-order valence-corrected chi connectivity index (χ4v) is 2.13. The Bertz CT molecular complexity index is 465. The molecule has 0 saturated carbocycles. The summed E-state index contributed by atoms with van der Waals surface area (Å²) < 4.78 is 36.3. The zero-order valence-electron chi connectivity index (χ0n) is 9.60. The van der Waals surface area contributed by atoms with Crippen molar-refractivity contribution in [2.75, 3.05) is 7.11 Å². The molecule has 1 atom stereocenters. The van der Waals surface area contributed by atoms with Gasteiger partial charge in [-0.3, -0.25) is 4.55 Å². The Morgan fingerprint density at radius 2 is 2.06 bits per heavy atom. The highest BCUT2D eigenvalue weighted by Gasteiger charge is 2.18. The van der Waals surface area contributed by atoms with Gasteiger partial charge in [0.2, 0.25) is 0 Å². The quantitative estimate of drug-likeness (QED) is 0.826. The van der Waals surface area contributed by atoms with E-state index >= 15 is 0 Å². The van der Waals surface area contributed by atoms with E-state index in [1.807, 2.05) is 19.9 Å². The minimum Gasteiger partial charge on any atom is -0.495 e. The average Bonchev–Trinajstić information content (AvgIpc) is 2.26. The highest BCUT2D eigenvalue weighted by atomic mass is 32.2. The summed E-state index contributed by atoms with van der Waals surface area (Å²) in [7, 11) is -2.87. The van der Waals surface area contributed by atoms with Crippen molar-refractivity contribution in [2.24, 2.45) is 0 Å². The van der Waals surface area contributed by atoms with E-state index in [9.17, 15) is 8.42 Å². The van der Waals surface area contributed by atoms with Crippen LogP contribution < -0.4 is 4.74 Å². The summed E-state index contributed by atoms with van der Waals surface area (Å²) in [6, 6.07) is 4.83. The topological polar surface area (TPSA) is 63.6 Å². The molecule has 0 amide bonds. The Kier molecular flexibility index (Phi) is 3.93. The molecule has 0 aromatic heterocycles. The summed E-state index contributed by atoms with van der Waals surface area (Å²) in [4.78, 5) is -0.173. The number of hydrogen-bond acceptors (Lipinski definition) is 3. The van der Waals surface area contributed by atoms with Crippen LogP contribution in [-0.2, 0) is 10.1 Å². The van der Waals surface area contributed by atoms with E-state index in [1.165, 1.54) is 13.2 Å². The third-order valence-electron chi connectivity index (χ3n) is 2.65. The highest BCUT2D eigenvalue weighted by Crippen LogP contribution is 2.28. The summed E-state index contributed by atoms with van der Waals surface area (Å²) in [5.41, 5.74) is 0.871. The van der Waals surface area contributed by atoms with Gasteiger partial charge in [0.1, 0.15) is 10.6 Å². The summed E-state index contributed by atoms with van der Waals surface area (Å²) in [6.07, 6.45) is 0.900. The molecule has 0 heterocycles. The van der Waals surface area contributed by atoms with E-state index in [1.54, 1.807) is 6.07 Å². The van der Waals surface area contributed by atoms with Crippen molar-refractivity contribution < 1.29 is 17.7 Å². The minimum absolute atomic E-state index is 0.162. The first-order chi connectivity index (χ1) is 7.40. The molecule has 0 bridgehead atoms. The number of rotatable bonds is 4. The molecular formula is C11H16O4S. The fraction of sp³-hybridized carbons (Fsp3) is 0.455. The van der Waals surface area contributed by atoms with E-state index in [4.69, 9.17) is 9.29 Å². The number of methoxy groups -OCH3 is 1. The Morgan fingerprint density at radius 3 is 2.50 bits per heavy atom. The maximum absolute atomic E-state index is 11.2. The second kappa shape index (κ2) is 4.84. The molecule has 1 aromatic rings. The molecule has 0 saturated heterocycles. The van der Waals surface area contributed by atoms with Gasteiger partial charge in [0.25, 0.3) is 10.1 Å². The molecule has 0 fully saturated rings. The van der Waals surface area contributed by atoms with E-state index in [-0.39, 0.29) is 16.6 Å². The van der Waals surface area contributed by atoms with Gasteiger partial charge >= 0.3 is 0 Å². The van der Waals surface area contributed by atoms with Crippen LogP contribution in [0.25, 0.3) is 0 Å². The Morgan fingerprint density at radius 1 is 1.44 bits per heavy atom. The van der Waals surface area contributed by atoms with Crippen LogP contribution in [0.5, 0.6) is 5.75 Å². The third kappa shape index (κ3) is 2.74. The van der Waals surface area contributed by atoms with Crippen LogP contribution in [0.2, 0.25) is 0 Å². The van der Waals surface area contributed by atoms with Crippen molar-refractivity contribution in [3.8, 4) is 5.75 Å². The predicted octanol–water partition coefficient (Wildman–Crippen LogP) is 2.46. The first-order valence-electron chi connectivity index (χ1n) is 5.05. The molecule has 0 spiro atoms. The Labute approximate surface area is 96.0 Å². The molecular weight excluding hydrogens is 228 g/mol. The van der Waals surface area contributed by atoms with Crippen LogP contribution >= 0.6 is 0 Å². The first kappa shape index (κ1) is 13.0. The number of hydrogen-bond donors (Lipinski definition) is 1. The lowest BCUT2D eigenvalue weighted by molar-refractivity contribution is 0.397. The normalized spacial score (nSPS) is 13.5. The third-order valence-corrected chi connectivity index (χ3v) is 3.52. The molecule has 0 aliphatic carbocycles. The van der Waals surface area contributed by atoms with E-state index < -0.39 is 10.1 Å². The van der Waals surface area contributed by atoms with Crippen molar-refractivity contribution >= 4 is 10.1 Å².